The lowest BCUT2D eigenvalue weighted by molar-refractivity contribution is 0.0981. The molecule has 0 spiro atoms. The van der Waals surface area contributed by atoms with Crippen LogP contribution in [0.4, 0.5) is 5.69 Å². The van der Waals surface area contributed by atoms with E-state index >= 15 is 0 Å². The predicted molar refractivity (Wildman–Crippen MR) is 94.8 cm³/mol. The zero-order chi connectivity index (χ0) is 15.9. The molecule has 22 heavy (non-hydrogen) atoms. The summed E-state index contributed by atoms with van der Waals surface area (Å²) < 4.78 is 5.64. The molecule has 0 aliphatic carbocycles. The number of hydrogen-bond acceptors (Lipinski definition) is 4. The van der Waals surface area contributed by atoms with Crippen molar-refractivity contribution < 1.29 is 9.53 Å². The van der Waals surface area contributed by atoms with Gasteiger partial charge >= 0.3 is 0 Å². The fourth-order valence-corrected chi connectivity index (χ4v) is 2.44. The molecule has 1 amide bonds. The summed E-state index contributed by atoms with van der Waals surface area (Å²) in [6, 6.07) is 10.9. The van der Waals surface area contributed by atoms with Gasteiger partial charge in [0.25, 0.3) is 5.91 Å². The maximum absolute atomic E-state index is 11.9. The zero-order valence-corrected chi connectivity index (χ0v) is 13.7. The molecule has 1 aromatic heterocycles. The molecule has 6 heteroatoms. The lowest BCUT2D eigenvalue weighted by atomic mass is 10.3. The minimum atomic E-state index is -0.229. The molecule has 2 N–H and O–H groups in total. The van der Waals surface area contributed by atoms with Crippen LogP contribution in [0, 0.1) is 0 Å². The molecular weight excluding hydrogens is 316 g/mol. The summed E-state index contributed by atoms with van der Waals surface area (Å²) in [5.41, 5.74) is 1.61. The summed E-state index contributed by atoms with van der Waals surface area (Å²) in [5, 5.41) is 7.68. The normalized spacial score (nSPS) is 9.86. The largest absolute Gasteiger partial charge is 0.487 e. The third kappa shape index (κ3) is 4.68. The number of para-hydroxylation sites is 2. The summed E-state index contributed by atoms with van der Waals surface area (Å²) >= 11 is 6.53. The maximum Gasteiger partial charge on any atom is 0.267 e. The number of thiocarbonyl (C=S) groups is 1. The van der Waals surface area contributed by atoms with Gasteiger partial charge in [-0.1, -0.05) is 24.8 Å². The van der Waals surface area contributed by atoms with Gasteiger partial charge in [0, 0.05) is 0 Å². The Kier molecular flexibility index (Phi) is 5.68. The Labute approximate surface area is 138 Å². The molecule has 0 unspecified atom stereocenters. The van der Waals surface area contributed by atoms with Crippen LogP contribution >= 0.6 is 23.6 Å². The molecule has 0 fully saturated rings. The number of ether oxygens (including phenoxy) is 1. The molecular formula is C16H16N2O2S2. The van der Waals surface area contributed by atoms with Gasteiger partial charge in [0.2, 0.25) is 0 Å². The van der Waals surface area contributed by atoms with Crippen LogP contribution in [0.15, 0.2) is 53.9 Å². The number of thiophene rings is 1. The molecule has 0 radical (unpaired) electrons. The minimum Gasteiger partial charge on any atom is -0.487 e. The summed E-state index contributed by atoms with van der Waals surface area (Å²) in [4.78, 5) is 12.5. The van der Waals surface area contributed by atoms with Gasteiger partial charge < -0.3 is 10.1 Å². The van der Waals surface area contributed by atoms with E-state index < -0.39 is 0 Å². The number of benzene rings is 1. The summed E-state index contributed by atoms with van der Waals surface area (Å²) in [5.74, 6) is 0.422. The number of hydrogen-bond donors (Lipinski definition) is 2. The number of carbonyl (C=O) groups is 1. The summed E-state index contributed by atoms with van der Waals surface area (Å²) in [6.45, 7) is 6.12. The molecule has 0 aliphatic rings. The second-order valence-electron chi connectivity index (χ2n) is 4.63. The number of anilines is 1. The Morgan fingerprint density at radius 1 is 1.32 bits per heavy atom. The van der Waals surface area contributed by atoms with E-state index in [1.54, 1.807) is 6.07 Å². The van der Waals surface area contributed by atoms with Crippen molar-refractivity contribution in [2.24, 2.45) is 0 Å². The first-order chi connectivity index (χ1) is 10.6. The van der Waals surface area contributed by atoms with Crippen molar-refractivity contribution in [3.63, 3.8) is 0 Å². The van der Waals surface area contributed by atoms with Gasteiger partial charge in [-0.25, -0.2) is 0 Å². The van der Waals surface area contributed by atoms with Crippen molar-refractivity contribution in [3.8, 4) is 5.75 Å². The SMILES string of the molecule is C=C(C)COc1ccccc1NC(=S)NC(=O)c1cccs1. The fraction of sp³-hybridized carbons (Fsp3) is 0.125. The van der Waals surface area contributed by atoms with Gasteiger partial charge in [-0.3, -0.25) is 10.1 Å². The molecule has 0 aliphatic heterocycles. The van der Waals surface area contributed by atoms with Gasteiger partial charge in [0.15, 0.2) is 5.11 Å². The van der Waals surface area contributed by atoms with Crippen molar-refractivity contribution in [2.75, 3.05) is 11.9 Å². The summed E-state index contributed by atoms with van der Waals surface area (Å²) in [7, 11) is 0. The average molecular weight is 332 g/mol. The third-order valence-electron chi connectivity index (χ3n) is 2.58. The lowest BCUT2D eigenvalue weighted by Gasteiger charge is -2.14. The average Bonchev–Trinajstić information content (AvgIpc) is 3.00. The van der Waals surface area contributed by atoms with Crippen molar-refractivity contribution in [3.05, 3.63) is 58.8 Å². The highest BCUT2D eigenvalue weighted by Gasteiger charge is 2.10. The monoisotopic (exact) mass is 332 g/mol. The van der Waals surface area contributed by atoms with Gasteiger partial charge in [-0.05, 0) is 48.3 Å². The number of amides is 1. The van der Waals surface area contributed by atoms with Gasteiger partial charge in [0.1, 0.15) is 12.4 Å². The Morgan fingerprint density at radius 3 is 2.77 bits per heavy atom. The topological polar surface area (TPSA) is 50.4 Å². The molecule has 0 saturated heterocycles. The molecule has 2 rings (SSSR count). The van der Waals surface area contributed by atoms with Gasteiger partial charge in [0.05, 0.1) is 10.6 Å². The van der Waals surface area contributed by atoms with Crippen LogP contribution in [-0.4, -0.2) is 17.6 Å². The van der Waals surface area contributed by atoms with Crippen molar-refractivity contribution in [2.45, 2.75) is 6.92 Å². The molecule has 2 aromatic rings. The zero-order valence-electron chi connectivity index (χ0n) is 12.1. The molecule has 1 heterocycles. The van der Waals surface area contributed by atoms with Crippen molar-refractivity contribution >= 4 is 40.3 Å². The first kappa shape index (κ1) is 16.2. The Morgan fingerprint density at radius 2 is 2.09 bits per heavy atom. The van der Waals surface area contributed by atoms with E-state index in [1.165, 1.54) is 11.3 Å². The molecule has 0 bridgehead atoms. The quantitative estimate of drug-likeness (QED) is 0.645. The van der Waals surface area contributed by atoms with Crippen LogP contribution in [0.3, 0.4) is 0 Å². The van der Waals surface area contributed by atoms with Crippen LogP contribution in [-0.2, 0) is 0 Å². The first-order valence-electron chi connectivity index (χ1n) is 6.58. The predicted octanol–water partition coefficient (Wildman–Crippen LogP) is 3.83. The van der Waals surface area contributed by atoms with Crippen LogP contribution in [0.25, 0.3) is 0 Å². The Hall–Kier alpha value is -2.18. The standard InChI is InChI=1S/C16H16N2O2S2/c1-11(2)10-20-13-7-4-3-6-12(13)17-16(21)18-15(19)14-8-5-9-22-14/h3-9H,1,10H2,2H3,(H2,17,18,19,21). The van der Waals surface area contributed by atoms with E-state index in [0.29, 0.717) is 22.9 Å². The van der Waals surface area contributed by atoms with Gasteiger partial charge in [-0.15, -0.1) is 11.3 Å². The highest BCUT2D eigenvalue weighted by molar-refractivity contribution is 7.80. The maximum atomic E-state index is 11.9. The lowest BCUT2D eigenvalue weighted by Crippen LogP contribution is -2.33. The van der Waals surface area contributed by atoms with Crippen LogP contribution in [0.1, 0.15) is 16.6 Å². The third-order valence-corrected chi connectivity index (χ3v) is 3.65. The number of rotatable bonds is 5. The van der Waals surface area contributed by atoms with E-state index in [1.807, 2.05) is 42.6 Å². The number of carbonyl (C=O) groups excluding carboxylic acids is 1. The van der Waals surface area contributed by atoms with Crippen LogP contribution in [0.5, 0.6) is 5.75 Å². The van der Waals surface area contributed by atoms with E-state index in [9.17, 15) is 4.79 Å². The number of nitrogens with one attached hydrogen (secondary N) is 2. The Balaban J connectivity index is 1.99. The molecule has 1 aromatic carbocycles. The van der Waals surface area contributed by atoms with E-state index in [-0.39, 0.29) is 11.0 Å². The van der Waals surface area contributed by atoms with Crippen molar-refractivity contribution in [1.82, 2.24) is 5.32 Å². The molecule has 0 atom stereocenters. The molecule has 114 valence electrons. The van der Waals surface area contributed by atoms with E-state index in [4.69, 9.17) is 17.0 Å². The van der Waals surface area contributed by atoms with Crippen LogP contribution < -0.4 is 15.4 Å². The highest BCUT2D eigenvalue weighted by Crippen LogP contribution is 2.24. The molecule has 0 saturated carbocycles. The first-order valence-corrected chi connectivity index (χ1v) is 7.87. The van der Waals surface area contributed by atoms with Crippen LogP contribution in [0.2, 0.25) is 0 Å². The minimum absolute atomic E-state index is 0.227. The summed E-state index contributed by atoms with van der Waals surface area (Å²) in [6.07, 6.45) is 0. The second kappa shape index (κ2) is 7.72. The second-order valence-corrected chi connectivity index (χ2v) is 5.98. The van der Waals surface area contributed by atoms with Gasteiger partial charge in [-0.2, -0.15) is 0 Å². The van der Waals surface area contributed by atoms with E-state index in [0.717, 1.165) is 5.57 Å². The molecule has 4 nitrogen and oxygen atoms in total. The Bertz CT molecular complexity index is 681. The van der Waals surface area contributed by atoms with E-state index in [2.05, 4.69) is 17.2 Å². The fourth-order valence-electron chi connectivity index (χ4n) is 1.62. The highest BCUT2D eigenvalue weighted by atomic mass is 32.1. The van der Waals surface area contributed by atoms with Crippen molar-refractivity contribution in [1.29, 1.82) is 0 Å². The smallest absolute Gasteiger partial charge is 0.267 e.